The summed E-state index contributed by atoms with van der Waals surface area (Å²) in [6.07, 6.45) is 10.2. The number of anilines is 1. The highest BCUT2D eigenvalue weighted by Gasteiger charge is 2.18. The van der Waals surface area contributed by atoms with Crippen LogP contribution in [-0.4, -0.2) is 30.1 Å². The van der Waals surface area contributed by atoms with Gasteiger partial charge < -0.3 is 10.5 Å². The molecule has 0 atom stereocenters. The van der Waals surface area contributed by atoms with Crippen LogP contribution in [0.2, 0.25) is 0 Å². The van der Waals surface area contributed by atoms with Gasteiger partial charge in [-0.3, -0.25) is 4.57 Å². The van der Waals surface area contributed by atoms with Crippen molar-refractivity contribution in [1.82, 2.24) is 24.5 Å². The number of aromatic nitrogens is 5. The van der Waals surface area contributed by atoms with Crippen LogP contribution >= 0.6 is 0 Å². The number of nitrogens with zero attached hydrogens (tertiary/aromatic N) is 5. The van der Waals surface area contributed by atoms with Crippen molar-refractivity contribution in [3.63, 3.8) is 0 Å². The third-order valence-electron chi connectivity index (χ3n) is 2.05. The number of ether oxygens (including phenoxy) is 1. The van der Waals surface area contributed by atoms with Crippen molar-refractivity contribution in [2.24, 2.45) is 0 Å². The number of hydrogen-bond acceptors (Lipinski definition) is 6. The summed E-state index contributed by atoms with van der Waals surface area (Å²) >= 11 is 0. The fourth-order valence-electron chi connectivity index (χ4n) is 1.16. The quantitative estimate of drug-likeness (QED) is 0.787. The van der Waals surface area contributed by atoms with E-state index in [1.807, 2.05) is 0 Å². The van der Waals surface area contributed by atoms with Crippen LogP contribution < -0.4 is 10.5 Å². The van der Waals surface area contributed by atoms with Crippen molar-refractivity contribution < 1.29 is 4.74 Å². The molecule has 0 amide bonds. The highest BCUT2D eigenvalue weighted by Crippen LogP contribution is 2.15. The Hall–Kier alpha value is -2.62. The Kier molecular flexibility index (Phi) is 2.85. The number of imidazole rings is 1. The highest BCUT2D eigenvalue weighted by molar-refractivity contribution is 5.25. The van der Waals surface area contributed by atoms with Crippen molar-refractivity contribution in [3.8, 4) is 24.3 Å². The maximum Gasteiger partial charge on any atom is 0.324 e. The minimum absolute atomic E-state index is 0.0523. The van der Waals surface area contributed by atoms with Crippen molar-refractivity contribution >= 4 is 5.95 Å². The Labute approximate surface area is 104 Å². The van der Waals surface area contributed by atoms with Gasteiger partial charge in [-0.1, -0.05) is 5.92 Å². The van der Waals surface area contributed by atoms with Crippen LogP contribution in [-0.2, 0) is 0 Å². The lowest BCUT2D eigenvalue weighted by Gasteiger charge is -2.18. The molecule has 0 saturated heterocycles. The van der Waals surface area contributed by atoms with Gasteiger partial charge in [-0.15, -0.1) is 6.42 Å². The summed E-state index contributed by atoms with van der Waals surface area (Å²) in [5.74, 6) is 2.86. The van der Waals surface area contributed by atoms with Crippen molar-refractivity contribution in [2.75, 3.05) is 5.73 Å². The van der Waals surface area contributed by atoms with Gasteiger partial charge in [0.1, 0.15) is 6.33 Å². The van der Waals surface area contributed by atoms with Crippen LogP contribution in [0.5, 0.6) is 6.01 Å². The number of terminal acetylenes is 1. The fourth-order valence-corrected chi connectivity index (χ4v) is 1.16. The van der Waals surface area contributed by atoms with E-state index >= 15 is 0 Å². The fraction of sp³-hybridized carbons (Fsp3) is 0.273. The zero-order valence-electron chi connectivity index (χ0n) is 10.0. The summed E-state index contributed by atoms with van der Waals surface area (Å²) in [6, 6.07) is 0.0779. The molecule has 0 aliphatic heterocycles. The molecule has 0 spiro atoms. The molecule has 0 aliphatic rings. The highest BCUT2D eigenvalue weighted by atomic mass is 16.5. The molecule has 2 rings (SSSR count). The summed E-state index contributed by atoms with van der Waals surface area (Å²) in [6.45, 7) is 3.45. The molecule has 0 bridgehead atoms. The van der Waals surface area contributed by atoms with E-state index in [2.05, 4.69) is 25.9 Å². The number of nitrogens with two attached hydrogens (primary N) is 1. The van der Waals surface area contributed by atoms with Crippen molar-refractivity contribution in [3.05, 3.63) is 18.7 Å². The molecule has 0 aromatic carbocycles. The Morgan fingerprint density at radius 1 is 1.39 bits per heavy atom. The van der Waals surface area contributed by atoms with Crippen LogP contribution in [0.4, 0.5) is 5.95 Å². The van der Waals surface area contributed by atoms with E-state index in [0.29, 0.717) is 5.95 Å². The third kappa shape index (κ3) is 2.55. The van der Waals surface area contributed by atoms with E-state index < -0.39 is 5.60 Å². The SMILES string of the molecule is C#CC(C)(C)Oc1nc(N)nc(-n2ccnc2)n1. The molecule has 2 N–H and O–H groups in total. The van der Waals surface area contributed by atoms with E-state index in [9.17, 15) is 0 Å². The molecule has 92 valence electrons. The molecular weight excluding hydrogens is 232 g/mol. The molecular formula is C11H12N6O. The Bertz CT molecular complexity index is 584. The smallest absolute Gasteiger partial charge is 0.324 e. The summed E-state index contributed by atoms with van der Waals surface area (Å²) in [5.41, 5.74) is 4.78. The summed E-state index contributed by atoms with van der Waals surface area (Å²) in [5, 5.41) is 0. The van der Waals surface area contributed by atoms with E-state index in [1.54, 1.807) is 37.1 Å². The second-order valence-electron chi connectivity index (χ2n) is 4.00. The Morgan fingerprint density at radius 3 is 2.78 bits per heavy atom. The lowest BCUT2D eigenvalue weighted by Crippen LogP contribution is -2.27. The first-order valence-electron chi connectivity index (χ1n) is 5.17. The average Bonchev–Trinajstić information content (AvgIpc) is 2.81. The van der Waals surface area contributed by atoms with E-state index in [-0.39, 0.29) is 12.0 Å². The van der Waals surface area contributed by atoms with Gasteiger partial charge in [-0.2, -0.15) is 15.0 Å². The minimum Gasteiger partial charge on any atom is -0.444 e. The molecule has 0 radical (unpaired) electrons. The van der Waals surface area contributed by atoms with Crippen LogP contribution in [0.25, 0.3) is 5.95 Å². The first-order valence-corrected chi connectivity index (χ1v) is 5.17. The van der Waals surface area contributed by atoms with Crippen molar-refractivity contribution in [2.45, 2.75) is 19.4 Å². The van der Waals surface area contributed by atoms with Gasteiger partial charge in [-0.05, 0) is 13.8 Å². The second-order valence-corrected chi connectivity index (χ2v) is 4.00. The van der Waals surface area contributed by atoms with E-state index in [1.165, 1.54) is 0 Å². The maximum absolute atomic E-state index is 5.60. The molecule has 7 nitrogen and oxygen atoms in total. The summed E-state index contributed by atoms with van der Waals surface area (Å²) in [7, 11) is 0. The zero-order chi connectivity index (χ0) is 13.2. The second kappa shape index (κ2) is 4.33. The van der Waals surface area contributed by atoms with Gasteiger partial charge in [0.05, 0.1) is 0 Å². The number of hydrogen-bond donors (Lipinski definition) is 1. The minimum atomic E-state index is -0.819. The van der Waals surface area contributed by atoms with Gasteiger partial charge in [-0.25, -0.2) is 4.98 Å². The molecule has 7 heteroatoms. The third-order valence-corrected chi connectivity index (χ3v) is 2.05. The maximum atomic E-state index is 5.60. The lowest BCUT2D eigenvalue weighted by molar-refractivity contribution is 0.156. The largest absolute Gasteiger partial charge is 0.444 e. The molecule has 2 heterocycles. The molecule has 18 heavy (non-hydrogen) atoms. The molecule has 0 fully saturated rings. The van der Waals surface area contributed by atoms with Crippen LogP contribution in [0.3, 0.4) is 0 Å². The molecule has 0 unspecified atom stereocenters. The first-order chi connectivity index (χ1) is 8.50. The zero-order valence-corrected chi connectivity index (χ0v) is 10.0. The van der Waals surface area contributed by atoms with Crippen LogP contribution in [0, 0.1) is 12.3 Å². The predicted molar refractivity (Wildman–Crippen MR) is 64.9 cm³/mol. The normalized spacial score (nSPS) is 10.9. The Balaban J connectivity index is 2.37. The van der Waals surface area contributed by atoms with Gasteiger partial charge >= 0.3 is 6.01 Å². The standard InChI is InChI=1S/C11H12N6O/c1-4-11(2,3)18-10-15-8(12)14-9(16-10)17-6-5-13-7-17/h1,5-7H,2-3H3,(H2,12,14,15,16). The lowest BCUT2D eigenvalue weighted by atomic mass is 10.2. The monoisotopic (exact) mass is 244 g/mol. The van der Waals surface area contributed by atoms with E-state index in [0.717, 1.165) is 0 Å². The molecule has 2 aromatic rings. The summed E-state index contributed by atoms with van der Waals surface area (Å²) < 4.78 is 7.05. The Morgan fingerprint density at radius 2 is 2.17 bits per heavy atom. The number of nitrogen functional groups attached to an aromatic ring is 1. The molecule has 0 saturated carbocycles. The van der Waals surface area contributed by atoms with Gasteiger partial charge in [0, 0.05) is 12.4 Å². The predicted octanol–water partition coefficient (Wildman–Crippen LogP) is 0.430. The number of rotatable bonds is 3. The topological polar surface area (TPSA) is 91.7 Å². The first kappa shape index (κ1) is 11.9. The average molecular weight is 244 g/mol. The van der Waals surface area contributed by atoms with E-state index in [4.69, 9.17) is 16.9 Å². The summed E-state index contributed by atoms with van der Waals surface area (Å²) in [4.78, 5) is 15.9. The van der Waals surface area contributed by atoms with Crippen LogP contribution in [0.1, 0.15) is 13.8 Å². The van der Waals surface area contributed by atoms with Gasteiger partial charge in [0.25, 0.3) is 0 Å². The molecule has 0 aliphatic carbocycles. The molecule has 2 aromatic heterocycles. The van der Waals surface area contributed by atoms with Gasteiger partial charge in [0.2, 0.25) is 11.9 Å². The van der Waals surface area contributed by atoms with Gasteiger partial charge in [0.15, 0.2) is 5.60 Å². The van der Waals surface area contributed by atoms with Crippen molar-refractivity contribution in [1.29, 1.82) is 0 Å². The van der Waals surface area contributed by atoms with Crippen LogP contribution in [0.15, 0.2) is 18.7 Å².